The molecule has 2 fully saturated rings. The van der Waals surface area contributed by atoms with Crippen molar-refractivity contribution in [1.82, 2.24) is 15.1 Å². The number of imide groups is 1. The predicted octanol–water partition coefficient (Wildman–Crippen LogP) is 3.83. The second-order valence-corrected chi connectivity index (χ2v) is 9.64. The molecule has 1 unspecified atom stereocenters. The molecule has 1 N–H and O–H groups in total. The number of carbonyl (C=O) groups is 3. The molecule has 0 aromatic heterocycles. The van der Waals surface area contributed by atoms with Gasteiger partial charge in [0.25, 0.3) is 5.91 Å². The topological polar surface area (TPSA) is 74.1 Å². The maximum absolute atomic E-state index is 14.6. The van der Waals surface area contributed by atoms with Crippen LogP contribution in [0.4, 0.5) is 10.1 Å². The Morgan fingerprint density at radius 1 is 1.14 bits per heavy atom. The van der Waals surface area contributed by atoms with Crippen molar-refractivity contribution in [3.8, 4) is 0 Å². The molecule has 0 bridgehead atoms. The zero-order valence-electron chi connectivity index (χ0n) is 19.6. The van der Waals surface area contributed by atoms with Crippen molar-refractivity contribution in [1.29, 1.82) is 0 Å². The van der Waals surface area contributed by atoms with Gasteiger partial charge in [-0.05, 0) is 79.6 Å². The second kappa shape index (κ2) is 9.23. The molecule has 180 valence electrons. The number of piperidine rings is 2. The number of hydrogen-bond donors (Lipinski definition) is 1. The van der Waals surface area contributed by atoms with Crippen LogP contribution in [0, 0.1) is 19.3 Å². The molecular weight excluding hydrogens is 447 g/mol. The zero-order chi connectivity index (χ0) is 24.7. The van der Waals surface area contributed by atoms with Gasteiger partial charge in [0, 0.05) is 25.1 Å². The number of carbonyl (C=O) groups excluding carboxylic acids is 3. The van der Waals surface area contributed by atoms with Gasteiger partial charge in [-0.3, -0.25) is 24.6 Å². The van der Waals surface area contributed by atoms with Crippen LogP contribution in [0.2, 0.25) is 0 Å². The van der Waals surface area contributed by atoms with Gasteiger partial charge < -0.3 is 4.90 Å². The van der Waals surface area contributed by atoms with Gasteiger partial charge in [-0.1, -0.05) is 18.2 Å². The SMILES string of the molecule is [C-]#[N+]c1cccc(CN2CCC(c3cc(F)cc4c3CN(C3CCC(=O)NC3=O)C4=O)CC2)c1C. The molecule has 7 nitrogen and oxygen atoms in total. The van der Waals surface area contributed by atoms with E-state index in [0.29, 0.717) is 11.3 Å². The lowest BCUT2D eigenvalue weighted by molar-refractivity contribution is -0.136. The summed E-state index contributed by atoms with van der Waals surface area (Å²) in [4.78, 5) is 44.4. The number of halogens is 1. The van der Waals surface area contributed by atoms with E-state index in [1.165, 1.54) is 11.0 Å². The summed E-state index contributed by atoms with van der Waals surface area (Å²) < 4.78 is 14.6. The molecule has 5 rings (SSSR count). The molecule has 2 saturated heterocycles. The van der Waals surface area contributed by atoms with Gasteiger partial charge in [-0.25, -0.2) is 9.24 Å². The number of amides is 3. The van der Waals surface area contributed by atoms with E-state index in [-0.39, 0.29) is 37.1 Å². The van der Waals surface area contributed by atoms with Gasteiger partial charge in [0.2, 0.25) is 11.8 Å². The van der Waals surface area contributed by atoms with Crippen molar-refractivity contribution < 1.29 is 18.8 Å². The summed E-state index contributed by atoms with van der Waals surface area (Å²) in [6, 6.07) is 7.93. The number of likely N-dealkylation sites (tertiary alicyclic amines) is 1. The number of benzene rings is 2. The Kier molecular flexibility index (Phi) is 6.12. The molecule has 3 heterocycles. The maximum atomic E-state index is 14.6. The van der Waals surface area contributed by atoms with Crippen LogP contribution in [0.25, 0.3) is 4.85 Å². The number of nitrogens with zero attached hydrogens (tertiary/aromatic N) is 3. The van der Waals surface area contributed by atoms with Crippen molar-refractivity contribution in [2.24, 2.45) is 0 Å². The first-order chi connectivity index (χ1) is 16.9. The number of fused-ring (bicyclic) bond motifs is 1. The lowest BCUT2D eigenvalue weighted by atomic mass is 9.85. The largest absolute Gasteiger partial charge is 0.322 e. The van der Waals surface area contributed by atoms with Crippen LogP contribution in [0.15, 0.2) is 30.3 Å². The molecule has 1 atom stereocenters. The fourth-order valence-electron chi connectivity index (χ4n) is 5.62. The second-order valence-electron chi connectivity index (χ2n) is 9.64. The first-order valence-electron chi connectivity index (χ1n) is 12.0. The third-order valence-corrected chi connectivity index (χ3v) is 7.61. The minimum atomic E-state index is -0.709. The molecule has 2 aromatic rings. The molecule has 8 heteroatoms. The molecule has 3 aliphatic rings. The Morgan fingerprint density at radius 2 is 1.91 bits per heavy atom. The van der Waals surface area contributed by atoms with Crippen LogP contribution in [-0.2, 0) is 22.7 Å². The molecule has 3 amide bonds. The summed E-state index contributed by atoms with van der Waals surface area (Å²) in [5, 5.41) is 2.31. The Morgan fingerprint density at radius 3 is 2.63 bits per heavy atom. The first-order valence-corrected chi connectivity index (χ1v) is 12.0. The predicted molar refractivity (Wildman–Crippen MR) is 127 cm³/mol. The maximum Gasteiger partial charge on any atom is 0.255 e. The minimum Gasteiger partial charge on any atom is -0.322 e. The van der Waals surface area contributed by atoms with Gasteiger partial charge in [0.1, 0.15) is 11.9 Å². The van der Waals surface area contributed by atoms with Gasteiger partial charge in [0.15, 0.2) is 5.69 Å². The quantitative estimate of drug-likeness (QED) is 0.540. The minimum absolute atomic E-state index is 0.126. The normalized spacial score (nSPS) is 21.1. The summed E-state index contributed by atoms with van der Waals surface area (Å²) >= 11 is 0. The Bertz CT molecular complexity index is 1260. The molecule has 35 heavy (non-hydrogen) atoms. The summed E-state index contributed by atoms with van der Waals surface area (Å²) in [6.07, 6.45) is 2.15. The van der Waals surface area contributed by atoms with Crippen LogP contribution in [0.3, 0.4) is 0 Å². The molecule has 2 aromatic carbocycles. The summed E-state index contributed by atoms with van der Waals surface area (Å²) in [5.74, 6) is -1.45. The lowest BCUT2D eigenvalue weighted by Gasteiger charge is -2.33. The van der Waals surface area contributed by atoms with E-state index in [1.54, 1.807) is 6.07 Å². The van der Waals surface area contributed by atoms with Crippen molar-refractivity contribution >= 4 is 23.4 Å². The summed E-state index contributed by atoms with van der Waals surface area (Å²) in [5.41, 5.74) is 4.83. The van der Waals surface area contributed by atoms with Crippen molar-refractivity contribution in [2.45, 2.75) is 57.7 Å². The van der Waals surface area contributed by atoms with Gasteiger partial charge in [-0.2, -0.15) is 0 Å². The van der Waals surface area contributed by atoms with Gasteiger partial charge >= 0.3 is 0 Å². The molecule has 0 saturated carbocycles. The highest BCUT2D eigenvalue weighted by molar-refractivity contribution is 6.05. The Balaban J connectivity index is 1.31. The molecule has 0 aliphatic carbocycles. The Labute approximate surface area is 203 Å². The molecule has 0 spiro atoms. The summed E-state index contributed by atoms with van der Waals surface area (Å²) in [7, 11) is 0. The molecule has 3 aliphatic heterocycles. The van der Waals surface area contributed by atoms with Crippen molar-refractivity contribution in [3.63, 3.8) is 0 Å². The van der Waals surface area contributed by atoms with Crippen molar-refractivity contribution in [3.05, 3.63) is 75.4 Å². The smallest absolute Gasteiger partial charge is 0.255 e. The van der Waals surface area contributed by atoms with E-state index in [2.05, 4.69) is 21.1 Å². The highest BCUT2D eigenvalue weighted by Gasteiger charge is 2.41. The third kappa shape index (κ3) is 4.32. The number of rotatable bonds is 4. The van der Waals surface area contributed by atoms with E-state index >= 15 is 0 Å². The monoisotopic (exact) mass is 474 g/mol. The van der Waals surface area contributed by atoms with Crippen LogP contribution in [0.5, 0.6) is 0 Å². The summed E-state index contributed by atoms with van der Waals surface area (Å²) in [6.45, 7) is 12.0. The first kappa shape index (κ1) is 23.2. The number of hydrogen-bond acceptors (Lipinski definition) is 4. The van der Waals surface area contributed by atoms with Gasteiger partial charge in [-0.15, -0.1) is 0 Å². The average molecular weight is 475 g/mol. The highest BCUT2D eigenvalue weighted by atomic mass is 19.1. The van der Waals surface area contributed by atoms with Crippen LogP contribution in [-0.4, -0.2) is 46.7 Å². The van der Waals surface area contributed by atoms with Crippen LogP contribution < -0.4 is 5.32 Å². The molecule has 0 radical (unpaired) electrons. The fourth-order valence-corrected chi connectivity index (χ4v) is 5.62. The van der Waals surface area contributed by atoms with E-state index in [9.17, 15) is 18.8 Å². The van der Waals surface area contributed by atoms with Crippen LogP contribution in [0.1, 0.15) is 64.2 Å². The van der Waals surface area contributed by atoms with E-state index in [4.69, 9.17) is 6.57 Å². The number of nitrogens with one attached hydrogen (secondary N) is 1. The standard InChI is InChI=1S/C27H27FN4O3/c1-16-18(4-3-5-23(16)29-2)14-31-10-8-17(9-11-31)20-12-19(28)13-21-22(20)15-32(27(21)35)24-6-7-25(33)30-26(24)34/h3-5,12-13,17,24H,6-11,14-15H2,1H3,(H,30,33,34). The van der Waals surface area contributed by atoms with Crippen molar-refractivity contribution in [2.75, 3.05) is 13.1 Å². The van der Waals surface area contributed by atoms with E-state index in [0.717, 1.165) is 54.7 Å². The van der Waals surface area contributed by atoms with Crippen LogP contribution >= 0.6 is 0 Å². The highest BCUT2D eigenvalue weighted by Crippen LogP contribution is 2.38. The van der Waals surface area contributed by atoms with E-state index < -0.39 is 17.8 Å². The Hall–Kier alpha value is -3.57. The van der Waals surface area contributed by atoms with Gasteiger partial charge in [0.05, 0.1) is 6.57 Å². The zero-order valence-corrected chi connectivity index (χ0v) is 19.6. The third-order valence-electron chi connectivity index (χ3n) is 7.61. The fraction of sp³-hybridized carbons (Fsp3) is 0.407. The average Bonchev–Trinajstić information content (AvgIpc) is 3.16. The lowest BCUT2D eigenvalue weighted by Crippen LogP contribution is -2.52. The molecular formula is C27H27FN4O3. The van der Waals surface area contributed by atoms with E-state index in [1.807, 2.05) is 19.1 Å².